The molecule has 11 heteroatoms. The summed E-state index contributed by atoms with van der Waals surface area (Å²) in [5.74, 6) is 0.408. The third kappa shape index (κ3) is 6.46. The van der Waals surface area contributed by atoms with Gasteiger partial charge in [-0.15, -0.1) is 0 Å². The fraction of sp³-hybridized carbons (Fsp3) is 0.348. The molecule has 1 aromatic heterocycles. The Hall–Kier alpha value is -2.69. The number of benzene rings is 2. The number of carbonyl (C=O) groups is 1. The summed E-state index contributed by atoms with van der Waals surface area (Å²) >= 11 is 7.33. The van der Waals surface area contributed by atoms with Crippen LogP contribution in [0, 0.1) is 0 Å². The van der Waals surface area contributed by atoms with Gasteiger partial charge in [0.15, 0.2) is 0 Å². The van der Waals surface area contributed by atoms with Gasteiger partial charge in [-0.2, -0.15) is 17.5 Å². The number of carbonyl (C=O) groups excluding carboxylic acids is 1. The van der Waals surface area contributed by atoms with Gasteiger partial charge in [-0.25, -0.2) is 4.98 Å². The van der Waals surface area contributed by atoms with Crippen molar-refractivity contribution in [3.05, 3.63) is 76.1 Å². The highest BCUT2D eigenvalue weighted by Crippen LogP contribution is 2.29. The number of alkyl halides is 3. The first-order chi connectivity index (χ1) is 16.3. The first-order valence-electron chi connectivity index (χ1n) is 10.8. The standard InChI is InChI=1S/C23H23ClF3N5OS/c24-19-7-1-16(2-8-19)15-20-29-22(34-30-20)32-13-11-31(12-14-32)10-9-28-21(33)17-3-5-18(6-4-17)23(25,26)27/h1-8H,9-15H2,(H,28,33). The second kappa shape index (κ2) is 10.7. The molecule has 1 N–H and O–H groups in total. The van der Waals surface area contributed by atoms with Crippen LogP contribution in [0.3, 0.4) is 0 Å². The number of aromatic nitrogens is 2. The molecule has 6 nitrogen and oxygen atoms in total. The molecule has 0 saturated carbocycles. The minimum atomic E-state index is -4.41. The van der Waals surface area contributed by atoms with Gasteiger partial charge in [-0.3, -0.25) is 9.69 Å². The molecular formula is C23H23ClF3N5OS. The Bertz CT molecular complexity index is 1100. The first-order valence-corrected chi connectivity index (χ1v) is 11.9. The lowest BCUT2D eigenvalue weighted by Crippen LogP contribution is -2.48. The van der Waals surface area contributed by atoms with Gasteiger partial charge in [-0.1, -0.05) is 23.7 Å². The maximum absolute atomic E-state index is 12.6. The molecule has 180 valence electrons. The maximum Gasteiger partial charge on any atom is 0.416 e. The van der Waals surface area contributed by atoms with Gasteiger partial charge in [0.05, 0.1) is 5.56 Å². The molecule has 0 bridgehead atoms. The van der Waals surface area contributed by atoms with E-state index in [-0.39, 0.29) is 11.5 Å². The van der Waals surface area contributed by atoms with Crippen LogP contribution in [0.1, 0.15) is 27.3 Å². The van der Waals surface area contributed by atoms with Crippen LogP contribution in [-0.2, 0) is 12.6 Å². The molecule has 1 saturated heterocycles. The topological polar surface area (TPSA) is 61.4 Å². The van der Waals surface area contributed by atoms with E-state index in [0.717, 1.165) is 54.8 Å². The SMILES string of the molecule is O=C(NCCN1CCN(c2nc(Cc3ccc(Cl)cc3)ns2)CC1)c1ccc(C(F)(F)F)cc1. The molecule has 0 unspecified atom stereocenters. The summed E-state index contributed by atoms with van der Waals surface area (Å²) in [7, 11) is 0. The monoisotopic (exact) mass is 509 g/mol. The van der Waals surface area contributed by atoms with E-state index in [1.54, 1.807) is 0 Å². The maximum atomic E-state index is 12.6. The Kier molecular flexibility index (Phi) is 7.70. The molecule has 0 aliphatic carbocycles. The van der Waals surface area contributed by atoms with E-state index in [0.29, 0.717) is 24.5 Å². The van der Waals surface area contributed by atoms with Crippen LogP contribution in [0.15, 0.2) is 48.5 Å². The number of hydrogen-bond acceptors (Lipinski definition) is 6. The summed E-state index contributed by atoms with van der Waals surface area (Å²) in [6, 6.07) is 11.9. The number of piperazine rings is 1. The average Bonchev–Trinajstić information content (AvgIpc) is 3.29. The summed E-state index contributed by atoms with van der Waals surface area (Å²) in [6.07, 6.45) is -3.75. The van der Waals surface area contributed by atoms with E-state index >= 15 is 0 Å². The second-order valence-corrected chi connectivity index (χ2v) is 9.12. The summed E-state index contributed by atoms with van der Waals surface area (Å²) in [4.78, 5) is 21.3. The number of rotatable bonds is 7. The number of amides is 1. The lowest BCUT2D eigenvalue weighted by Gasteiger charge is -2.34. The Morgan fingerprint density at radius 1 is 1.03 bits per heavy atom. The number of nitrogens with one attached hydrogen (secondary N) is 1. The lowest BCUT2D eigenvalue weighted by atomic mass is 10.1. The zero-order chi connectivity index (χ0) is 24.1. The summed E-state index contributed by atoms with van der Waals surface area (Å²) in [5, 5.41) is 4.38. The van der Waals surface area contributed by atoms with Crippen LogP contribution in [-0.4, -0.2) is 59.4 Å². The van der Waals surface area contributed by atoms with Crippen LogP contribution in [0.25, 0.3) is 0 Å². The molecule has 0 atom stereocenters. The zero-order valence-corrected chi connectivity index (χ0v) is 19.8. The Balaban J connectivity index is 1.19. The van der Waals surface area contributed by atoms with Crippen LogP contribution in [0.5, 0.6) is 0 Å². The number of hydrogen-bond donors (Lipinski definition) is 1. The molecular weight excluding hydrogens is 487 g/mol. The van der Waals surface area contributed by atoms with Crippen molar-refractivity contribution in [2.24, 2.45) is 0 Å². The molecule has 2 heterocycles. The van der Waals surface area contributed by atoms with Gasteiger partial charge in [-0.05, 0) is 42.0 Å². The number of anilines is 1. The first kappa shape index (κ1) is 24.4. The van der Waals surface area contributed by atoms with Crippen LogP contribution >= 0.6 is 23.1 Å². The van der Waals surface area contributed by atoms with Gasteiger partial charge in [0, 0.05) is 67.8 Å². The predicted molar refractivity (Wildman–Crippen MR) is 127 cm³/mol. The highest BCUT2D eigenvalue weighted by Gasteiger charge is 2.30. The molecule has 34 heavy (non-hydrogen) atoms. The largest absolute Gasteiger partial charge is 0.416 e. The normalized spacial score (nSPS) is 14.9. The lowest BCUT2D eigenvalue weighted by molar-refractivity contribution is -0.137. The van der Waals surface area contributed by atoms with Crippen molar-refractivity contribution in [1.29, 1.82) is 0 Å². The molecule has 2 aromatic carbocycles. The van der Waals surface area contributed by atoms with E-state index in [1.165, 1.54) is 23.7 Å². The number of nitrogens with zero attached hydrogens (tertiary/aromatic N) is 4. The van der Waals surface area contributed by atoms with Gasteiger partial charge < -0.3 is 10.2 Å². The average molecular weight is 510 g/mol. The minimum absolute atomic E-state index is 0.212. The van der Waals surface area contributed by atoms with Crippen molar-refractivity contribution in [2.45, 2.75) is 12.6 Å². The van der Waals surface area contributed by atoms with Crippen molar-refractivity contribution in [1.82, 2.24) is 19.6 Å². The van der Waals surface area contributed by atoms with E-state index in [1.807, 2.05) is 24.3 Å². The number of halogens is 4. The van der Waals surface area contributed by atoms with E-state index in [9.17, 15) is 18.0 Å². The van der Waals surface area contributed by atoms with Gasteiger partial charge >= 0.3 is 6.18 Å². The fourth-order valence-electron chi connectivity index (χ4n) is 3.63. The van der Waals surface area contributed by atoms with E-state index in [4.69, 9.17) is 11.6 Å². The van der Waals surface area contributed by atoms with Crippen molar-refractivity contribution in [3.8, 4) is 0 Å². The minimum Gasteiger partial charge on any atom is -0.351 e. The van der Waals surface area contributed by atoms with Crippen LogP contribution in [0.4, 0.5) is 18.3 Å². The van der Waals surface area contributed by atoms with Crippen LogP contribution < -0.4 is 10.2 Å². The third-order valence-electron chi connectivity index (χ3n) is 5.56. The molecule has 1 aliphatic heterocycles. The van der Waals surface area contributed by atoms with Crippen LogP contribution in [0.2, 0.25) is 5.02 Å². The molecule has 0 spiro atoms. The third-order valence-corrected chi connectivity index (χ3v) is 6.63. The highest BCUT2D eigenvalue weighted by atomic mass is 35.5. The van der Waals surface area contributed by atoms with Crippen molar-refractivity contribution in [2.75, 3.05) is 44.2 Å². The van der Waals surface area contributed by atoms with Crippen molar-refractivity contribution < 1.29 is 18.0 Å². The summed E-state index contributed by atoms with van der Waals surface area (Å²) in [5.41, 5.74) is 0.551. The molecule has 4 rings (SSSR count). The summed E-state index contributed by atoms with van der Waals surface area (Å²) < 4.78 is 42.4. The van der Waals surface area contributed by atoms with Crippen molar-refractivity contribution in [3.63, 3.8) is 0 Å². The van der Waals surface area contributed by atoms with Gasteiger partial charge in [0.25, 0.3) is 5.91 Å². The van der Waals surface area contributed by atoms with Crippen molar-refractivity contribution >= 4 is 34.2 Å². The second-order valence-electron chi connectivity index (χ2n) is 7.96. The fourth-order valence-corrected chi connectivity index (χ4v) is 4.50. The molecule has 3 aromatic rings. The molecule has 1 amide bonds. The zero-order valence-electron chi connectivity index (χ0n) is 18.2. The van der Waals surface area contributed by atoms with E-state index in [2.05, 4.69) is 24.5 Å². The quantitative estimate of drug-likeness (QED) is 0.513. The highest BCUT2D eigenvalue weighted by molar-refractivity contribution is 7.09. The predicted octanol–water partition coefficient (Wildman–Crippen LogP) is 4.35. The van der Waals surface area contributed by atoms with Gasteiger partial charge in [0.1, 0.15) is 5.82 Å². The van der Waals surface area contributed by atoms with E-state index < -0.39 is 11.7 Å². The Morgan fingerprint density at radius 2 is 1.71 bits per heavy atom. The smallest absolute Gasteiger partial charge is 0.351 e. The summed E-state index contributed by atoms with van der Waals surface area (Å²) in [6.45, 7) is 4.34. The molecule has 1 aliphatic rings. The molecule has 0 radical (unpaired) electrons. The Morgan fingerprint density at radius 3 is 2.35 bits per heavy atom. The molecule has 1 fully saturated rings. The van der Waals surface area contributed by atoms with Gasteiger partial charge in [0.2, 0.25) is 5.13 Å². The Labute approximate surface area is 204 Å².